The number of carboxylic acids is 1. The lowest BCUT2D eigenvalue weighted by Crippen LogP contribution is -2.47. The van der Waals surface area contributed by atoms with Crippen molar-refractivity contribution in [1.29, 1.82) is 0 Å². The Hall–Kier alpha value is -1.79. The maximum absolute atomic E-state index is 12.2. The van der Waals surface area contributed by atoms with E-state index < -0.39 is 35.7 Å². The van der Waals surface area contributed by atoms with Crippen LogP contribution in [-0.2, 0) is 14.3 Å². The van der Waals surface area contributed by atoms with Crippen LogP contribution in [0, 0.1) is 5.92 Å². The largest absolute Gasteiger partial charge is 0.480 e. The molecular weight excluding hydrogens is 276 g/mol. The van der Waals surface area contributed by atoms with Crippen LogP contribution in [-0.4, -0.2) is 64.7 Å². The second kappa shape index (κ2) is 5.91. The maximum atomic E-state index is 12.2. The van der Waals surface area contributed by atoms with Crippen molar-refractivity contribution < 1.29 is 24.2 Å². The van der Waals surface area contributed by atoms with Crippen molar-refractivity contribution in [2.75, 3.05) is 14.1 Å². The molecule has 0 aliphatic carbocycles. The highest BCUT2D eigenvalue weighted by molar-refractivity contribution is 5.86. The first-order chi connectivity index (χ1) is 9.45. The van der Waals surface area contributed by atoms with Crippen molar-refractivity contribution in [1.82, 2.24) is 9.80 Å². The smallest absolute Gasteiger partial charge is 0.411 e. The van der Waals surface area contributed by atoms with Gasteiger partial charge >= 0.3 is 12.1 Å². The van der Waals surface area contributed by atoms with Crippen LogP contribution in [0.5, 0.6) is 0 Å². The van der Waals surface area contributed by atoms with Gasteiger partial charge in [-0.1, -0.05) is 0 Å². The molecule has 0 spiro atoms. The molecule has 1 fully saturated rings. The summed E-state index contributed by atoms with van der Waals surface area (Å²) in [6.45, 7) is 6.82. The molecule has 1 saturated heterocycles. The van der Waals surface area contributed by atoms with Crippen LogP contribution in [0.25, 0.3) is 0 Å². The zero-order valence-electron chi connectivity index (χ0n) is 13.4. The number of carbonyl (C=O) groups is 3. The molecule has 2 amide bonds. The van der Waals surface area contributed by atoms with E-state index in [0.29, 0.717) is 0 Å². The number of nitrogens with zero attached hydrogens (tertiary/aromatic N) is 2. The van der Waals surface area contributed by atoms with Crippen LogP contribution in [0.4, 0.5) is 4.79 Å². The first-order valence-corrected chi connectivity index (χ1v) is 6.91. The number of rotatable bonds is 2. The van der Waals surface area contributed by atoms with E-state index in [9.17, 15) is 19.5 Å². The van der Waals surface area contributed by atoms with Gasteiger partial charge in [0.05, 0.1) is 5.92 Å². The van der Waals surface area contributed by atoms with Crippen LogP contribution >= 0.6 is 0 Å². The molecule has 1 aliphatic rings. The molecule has 120 valence electrons. The molecule has 1 heterocycles. The van der Waals surface area contributed by atoms with E-state index in [0.717, 1.165) is 0 Å². The first kappa shape index (κ1) is 17.3. The molecule has 7 heteroatoms. The van der Waals surface area contributed by atoms with Gasteiger partial charge in [-0.2, -0.15) is 0 Å². The highest BCUT2D eigenvalue weighted by Gasteiger charge is 2.49. The van der Waals surface area contributed by atoms with E-state index in [1.807, 2.05) is 0 Å². The topological polar surface area (TPSA) is 87.2 Å². The number of carboxylic acid groups (broad SMARTS) is 1. The summed E-state index contributed by atoms with van der Waals surface area (Å²) in [6, 6.07) is -1.56. The minimum Gasteiger partial charge on any atom is -0.480 e. The summed E-state index contributed by atoms with van der Waals surface area (Å²) in [5.74, 6) is -1.84. The van der Waals surface area contributed by atoms with Crippen molar-refractivity contribution in [3.8, 4) is 0 Å². The van der Waals surface area contributed by atoms with Crippen molar-refractivity contribution in [2.24, 2.45) is 5.92 Å². The molecule has 0 unspecified atom stereocenters. The quantitative estimate of drug-likeness (QED) is 0.827. The predicted molar refractivity (Wildman–Crippen MR) is 75.8 cm³/mol. The molecule has 1 N–H and O–H groups in total. The molecule has 0 radical (unpaired) electrons. The summed E-state index contributed by atoms with van der Waals surface area (Å²) < 4.78 is 5.26. The Morgan fingerprint density at radius 2 is 1.76 bits per heavy atom. The highest BCUT2D eigenvalue weighted by atomic mass is 16.6. The highest BCUT2D eigenvalue weighted by Crippen LogP contribution is 2.32. The predicted octanol–water partition coefficient (Wildman–Crippen LogP) is 1.17. The SMILES string of the molecule is C[C@H]1[C@@H](C(=O)N(C)C)C[C@@H](C(=O)O)N1C(=O)OC(C)(C)C. The van der Waals surface area contributed by atoms with E-state index in [2.05, 4.69) is 0 Å². The molecule has 0 saturated carbocycles. The summed E-state index contributed by atoms with van der Waals surface area (Å²) in [5.41, 5.74) is -0.719. The summed E-state index contributed by atoms with van der Waals surface area (Å²) in [4.78, 5) is 38.3. The Morgan fingerprint density at radius 3 is 2.14 bits per heavy atom. The average molecular weight is 300 g/mol. The number of hydrogen-bond donors (Lipinski definition) is 1. The molecular formula is C14H24N2O5. The van der Waals surface area contributed by atoms with Crippen molar-refractivity contribution in [3.05, 3.63) is 0 Å². The van der Waals surface area contributed by atoms with Gasteiger partial charge in [-0.3, -0.25) is 9.69 Å². The van der Waals surface area contributed by atoms with E-state index in [1.165, 1.54) is 9.80 Å². The molecule has 0 bridgehead atoms. The summed E-state index contributed by atoms with van der Waals surface area (Å²) in [7, 11) is 3.22. The molecule has 0 aromatic heterocycles. The van der Waals surface area contributed by atoms with Gasteiger partial charge in [0, 0.05) is 20.1 Å². The third kappa shape index (κ3) is 3.86. The van der Waals surface area contributed by atoms with Gasteiger partial charge in [0.15, 0.2) is 0 Å². The Morgan fingerprint density at radius 1 is 1.24 bits per heavy atom. The fraction of sp³-hybridized carbons (Fsp3) is 0.786. The first-order valence-electron chi connectivity index (χ1n) is 6.91. The molecule has 3 atom stereocenters. The molecule has 21 heavy (non-hydrogen) atoms. The zero-order chi connectivity index (χ0) is 16.5. The second-order valence-corrected chi connectivity index (χ2v) is 6.56. The van der Waals surface area contributed by atoms with Crippen LogP contribution in [0.15, 0.2) is 0 Å². The standard InChI is InChI=1S/C14H24N2O5/c1-8-9(11(17)15(5)6)7-10(12(18)19)16(8)13(20)21-14(2,3)4/h8-10H,7H2,1-6H3,(H,18,19)/t8-,9-,10-/m0/s1. The van der Waals surface area contributed by atoms with Gasteiger partial charge in [0.1, 0.15) is 11.6 Å². The third-order valence-corrected chi connectivity index (χ3v) is 3.48. The van der Waals surface area contributed by atoms with E-state index >= 15 is 0 Å². The number of likely N-dealkylation sites (tertiary alicyclic amines) is 1. The number of hydrogen-bond acceptors (Lipinski definition) is 4. The lowest BCUT2D eigenvalue weighted by molar-refractivity contribution is -0.142. The molecule has 1 aliphatic heterocycles. The number of aliphatic carboxylic acids is 1. The molecule has 1 rings (SSSR count). The lowest BCUT2D eigenvalue weighted by Gasteiger charge is -2.30. The number of amides is 2. The maximum Gasteiger partial charge on any atom is 0.411 e. The molecule has 0 aromatic carbocycles. The van der Waals surface area contributed by atoms with Crippen LogP contribution < -0.4 is 0 Å². The van der Waals surface area contributed by atoms with Crippen LogP contribution in [0.2, 0.25) is 0 Å². The fourth-order valence-electron chi connectivity index (χ4n) is 2.50. The normalized spacial score (nSPS) is 25.6. The number of carbonyl (C=O) groups excluding carboxylic acids is 2. The second-order valence-electron chi connectivity index (χ2n) is 6.56. The Bertz CT molecular complexity index is 441. The van der Waals surface area contributed by atoms with E-state index in [1.54, 1.807) is 41.8 Å². The van der Waals surface area contributed by atoms with Gasteiger partial charge in [0.2, 0.25) is 5.91 Å². The third-order valence-electron chi connectivity index (χ3n) is 3.48. The summed E-state index contributed by atoms with van der Waals surface area (Å²) in [6.07, 6.45) is -0.594. The Kier molecular flexibility index (Phi) is 4.86. The van der Waals surface area contributed by atoms with Crippen LogP contribution in [0.1, 0.15) is 34.1 Å². The van der Waals surface area contributed by atoms with Gasteiger partial charge in [0.25, 0.3) is 0 Å². The molecule has 0 aromatic rings. The minimum absolute atomic E-state index is 0.104. The van der Waals surface area contributed by atoms with Gasteiger partial charge in [-0.25, -0.2) is 9.59 Å². The van der Waals surface area contributed by atoms with Gasteiger partial charge in [-0.05, 0) is 34.1 Å². The van der Waals surface area contributed by atoms with E-state index in [-0.39, 0.29) is 12.3 Å². The Balaban J connectivity index is 3.02. The molecule has 7 nitrogen and oxygen atoms in total. The summed E-state index contributed by atoms with van der Waals surface area (Å²) >= 11 is 0. The van der Waals surface area contributed by atoms with Crippen LogP contribution in [0.3, 0.4) is 0 Å². The zero-order valence-corrected chi connectivity index (χ0v) is 13.4. The minimum atomic E-state index is -1.12. The lowest BCUT2D eigenvalue weighted by atomic mass is 9.99. The summed E-state index contributed by atoms with van der Waals surface area (Å²) in [5, 5.41) is 9.31. The van der Waals surface area contributed by atoms with Gasteiger partial charge in [-0.15, -0.1) is 0 Å². The Labute approximate surface area is 124 Å². The monoisotopic (exact) mass is 300 g/mol. The number of ether oxygens (including phenoxy) is 1. The van der Waals surface area contributed by atoms with Crippen molar-refractivity contribution >= 4 is 18.0 Å². The van der Waals surface area contributed by atoms with Crippen molar-refractivity contribution in [2.45, 2.75) is 51.8 Å². The fourth-order valence-corrected chi connectivity index (χ4v) is 2.50. The van der Waals surface area contributed by atoms with Crippen molar-refractivity contribution in [3.63, 3.8) is 0 Å². The average Bonchev–Trinajstić information content (AvgIpc) is 2.63. The van der Waals surface area contributed by atoms with Gasteiger partial charge < -0.3 is 14.7 Å². The van der Waals surface area contributed by atoms with E-state index in [4.69, 9.17) is 4.74 Å².